The lowest BCUT2D eigenvalue weighted by molar-refractivity contribution is -0.138. The van der Waals surface area contributed by atoms with E-state index in [1.165, 1.54) is 7.11 Å². The zero-order valence-corrected chi connectivity index (χ0v) is 11.0. The summed E-state index contributed by atoms with van der Waals surface area (Å²) >= 11 is 6.14. The van der Waals surface area contributed by atoms with E-state index in [2.05, 4.69) is 0 Å². The molecule has 0 radical (unpaired) electrons. The van der Waals surface area contributed by atoms with Gasteiger partial charge in [0.25, 0.3) is 0 Å². The normalized spacial score (nSPS) is 16.2. The standard InChI is InChI=1S/C13H15ClO4/c1-7(13(15)16)8-5-10(14)12(11(6-8)17-2)18-9-3-4-9/h5-7,9H,3-4H2,1-2H3,(H,15,16). The second-order valence-corrected chi connectivity index (χ2v) is 4.82. The van der Waals surface area contributed by atoms with Crippen molar-refractivity contribution in [3.63, 3.8) is 0 Å². The number of ether oxygens (including phenoxy) is 2. The van der Waals surface area contributed by atoms with E-state index in [0.29, 0.717) is 22.1 Å². The maximum atomic E-state index is 11.0. The van der Waals surface area contributed by atoms with Gasteiger partial charge in [-0.3, -0.25) is 4.79 Å². The summed E-state index contributed by atoms with van der Waals surface area (Å²) in [5.74, 6) is -0.545. The first kappa shape index (κ1) is 13.0. The highest BCUT2D eigenvalue weighted by molar-refractivity contribution is 6.32. The van der Waals surface area contributed by atoms with Crippen molar-refractivity contribution >= 4 is 17.6 Å². The van der Waals surface area contributed by atoms with Crippen LogP contribution in [-0.2, 0) is 4.79 Å². The van der Waals surface area contributed by atoms with Gasteiger partial charge in [0, 0.05) is 0 Å². The number of rotatable bonds is 5. The molecule has 0 aliphatic heterocycles. The number of carbonyl (C=O) groups is 1. The first-order chi connectivity index (χ1) is 8.52. The van der Waals surface area contributed by atoms with Crippen LogP contribution in [0.3, 0.4) is 0 Å². The minimum atomic E-state index is -0.899. The molecule has 1 atom stereocenters. The number of hydrogen-bond donors (Lipinski definition) is 1. The van der Waals surface area contributed by atoms with Crippen LogP contribution in [0.15, 0.2) is 12.1 Å². The molecular formula is C13H15ClO4. The molecule has 1 aromatic rings. The van der Waals surface area contributed by atoms with Gasteiger partial charge in [0.2, 0.25) is 0 Å². The summed E-state index contributed by atoms with van der Waals surface area (Å²) in [5.41, 5.74) is 0.604. The van der Waals surface area contributed by atoms with E-state index < -0.39 is 11.9 Å². The van der Waals surface area contributed by atoms with Gasteiger partial charge in [0.05, 0.1) is 24.2 Å². The smallest absolute Gasteiger partial charge is 0.310 e. The Labute approximate surface area is 110 Å². The summed E-state index contributed by atoms with van der Waals surface area (Å²) in [7, 11) is 1.51. The average molecular weight is 271 g/mol. The SMILES string of the molecule is COc1cc(C(C)C(=O)O)cc(Cl)c1OC1CC1. The van der Waals surface area contributed by atoms with Crippen LogP contribution >= 0.6 is 11.6 Å². The predicted molar refractivity (Wildman–Crippen MR) is 67.7 cm³/mol. The van der Waals surface area contributed by atoms with E-state index in [1.54, 1.807) is 19.1 Å². The van der Waals surface area contributed by atoms with E-state index in [9.17, 15) is 4.79 Å². The molecule has 98 valence electrons. The van der Waals surface area contributed by atoms with Gasteiger partial charge in [-0.2, -0.15) is 0 Å². The molecule has 1 fully saturated rings. The van der Waals surface area contributed by atoms with Crippen molar-refractivity contribution in [1.29, 1.82) is 0 Å². The van der Waals surface area contributed by atoms with E-state index in [0.717, 1.165) is 12.8 Å². The number of halogens is 1. The van der Waals surface area contributed by atoms with Gasteiger partial charge in [-0.05, 0) is 37.5 Å². The molecule has 18 heavy (non-hydrogen) atoms. The third-order valence-corrected chi connectivity index (χ3v) is 3.21. The molecule has 0 bridgehead atoms. The van der Waals surface area contributed by atoms with Crippen LogP contribution in [0.1, 0.15) is 31.2 Å². The Morgan fingerprint density at radius 3 is 2.67 bits per heavy atom. The fraction of sp³-hybridized carbons (Fsp3) is 0.462. The van der Waals surface area contributed by atoms with Crippen molar-refractivity contribution in [3.8, 4) is 11.5 Å². The summed E-state index contributed by atoms with van der Waals surface area (Å²) in [5, 5.41) is 9.39. The topological polar surface area (TPSA) is 55.8 Å². The van der Waals surface area contributed by atoms with Gasteiger partial charge < -0.3 is 14.6 Å². The molecule has 0 heterocycles. The maximum absolute atomic E-state index is 11.0. The summed E-state index contributed by atoms with van der Waals surface area (Å²) in [6.07, 6.45) is 2.25. The number of aliphatic carboxylic acids is 1. The second-order valence-electron chi connectivity index (χ2n) is 4.41. The van der Waals surface area contributed by atoms with Crippen LogP contribution in [0.4, 0.5) is 0 Å². The molecule has 2 rings (SSSR count). The molecule has 5 heteroatoms. The minimum Gasteiger partial charge on any atom is -0.493 e. The summed E-state index contributed by atoms with van der Waals surface area (Å²) in [6, 6.07) is 3.29. The Morgan fingerprint density at radius 2 is 2.17 bits per heavy atom. The van der Waals surface area contributed by atoms with Crippen LogP contribution in [0.5, 0.6) is 11.5 Å². The summed E-state index contributed by atoms with van der Waals surface area (Å²) in [4.78, 5) is 11.0. The zero-order valence-electron chi connectivity index (χ0n) is 10.3. The molecule has 1 aromatic carbocycles. The van der Waals surface area contributed by atoms with Crippen molar-refractivity contribution < 1.29 is 19.4 Å². The van der Waals surface area contributed by atoms with Gasteiger partial charge in [0.15, 0.2) is 11.5 Å². The molecule has 0 saturated heterocycles. The monoisotopic (exact) mass is 270 g/mol. The van der Waals surface area contributed by atoms with Crippen LogP contribution in [0.2, 0.25) is 5.02 Å². The van der Waals surface area contributed by atoms with Crippen molar-refractivity contribution in [3.05, 3.63) is 22.7 Å². The highest BCUT2D eigenvalue weighted by Crippen LogP contribution is 2.41. The van der Waals surface area contributed by atoms with E-state index in [1.807, 2.05) is 0 Å². The Balaban J connectivity index is 2.35. The predicted octanol–water partition coefficient (Wildman–Crippen LogP) is 3.08. The third kappa shape index (κ3) is 2.70. The van der Waals surface area contributed by atoms with Crippen LogP contribution in [-0.4, -0.2) is 24.3 Å². The fourth-order valence-electron chi connectivity index (χ4n) is 1.60. The third-order valence-electron chi connectivity index (χ3n) is 2.93. The van der Waals surface area contributed by atoms with Crippen molar-refractivity contribution in [2.75, 3.05) is 7.11 Å². The molecule has 1 aliphatic rings. The quantitative estimate of drug-likeness (QED) is 0.893. The second kappa shape index (κ2) is 5.06. The highest BCUT2D eigenvalue weighted by atomic mass is 35.5. The molecular weight excluding hydrogens is 256 g/mol. The Bertz CT molecular complexity index is 468. The molecule has 0 amide bonds. The Morgan fingerprint density at radius 1 is 1.50 bits per heavy atom. The highest BCUT2D eigenvalue weighted by Gasteiger charge is 2.27. The zero-order chi connectivity index (χ0) is 13.3. The van der Waals surface area contributed by atoms with Crippen LogP contribution < -0.4 is 9.47 Å². The summed E-state index contributed by atoms with van der Waals surface area (Å²) in [6.45, 7) is 1.61. The van der Waals surface area contributed by atoms with E-state index >= 15 is 0 Å². The Hall–Kier alpha value is -1.42. The molecule has 4 nitrogen and oxygen atoms in total. The fourth-order valence-corrected chi connectivity index (χ4v) is 1.86. The molecule has 1 N–H and O–H groups in total. The largest absolute Gasteiger partial charge is 0.493 e. The van der Waals surface area contributed by atoms with E-state index in [4.69, 9.17) is 26.2 Å². The van der Waals surface area contributed by atoms with Gasteiger partial charge in [-0.1, -0.05) is 11.6 Å². The first-order valence-electron chi connectivity index (χ1n) is 5.79. The molecule has 1 aliphatic carbocycles. The lowest BCUT2D eigenvalue weighted by atomic mass is 10.0. The number of methoxy groups -OCH3 is 1. The molecule has 1 unspecified atom stereocenters. The maximum Gasteiger partial charge on any atom is 0.310 e. The van der Waals surface area contributed by atoms with Crippen molar-refractivity contribution in [2.24, 2.45) is 0 Å². The van der Waals surface area contributed by atoms with Gasteiger partial charge in [-0.25, -0.2) is 0 Å². The molecule has 0 spiro atoms. The van der Waals surface area contributed by atoms with Crippen molar-refractivity contribution in [1.82, 2.24) is 0 Å². The molecule has 0 aromatic heterocycles. The molecule has 1 saturated carbocycles. The number of carboxylic acids is 1. The van der Waals surface area contributed by atoms with Crippen molar-refractivity contribution in [2.45, 2.75) is 31.8 Å². The lowest BCUT2D eigenvalue weighted by Gasteiger charge is -2.15. The first-order valence-corrected chi connectivity index (χ1v) is 6.17. The minimum absolute atomic E-state index is 0.208. The lowest BCUT2D eigenvalue weighted by Crippen LogP contribution is -2.08. The number of carboxylic acid groups (broad SMARTS) is 1. The average Bonchev–Trinajstić information content (AvgIpc) is 3.14. The summed E-state index contributed by atoms with van der Waals surface area (Å²) < 4.78 is 10.9. The Kier molecular flexibility index (Phi) is 3.66. The number of benzene rings is 1. The van der Waals surface area contributed by atoms with E-state index in [-0.39, 0.29) is 6.10 Å². The van der Waals surface area contributed by atoms with Gasteiger partial charge in [-0.15, -0.1) is 0 Å². The van der Waals surface area contributed by atoms with Gasteiger partial charge >= 0.3 is 5.97 Å². The number of hydrogen-bond acceptors (Lipinski definition) is 3. The van der Waals surface area contributed by atoms with Crippen LogP contribution in [0, 0.1) is 0 Å². The van der Waals surface area contributed by atoms with Crippen LogP contribution in [0.25, 0.3) is 0 Å². The van der Waals surface area contributed by atoms with Gasteiger partial charge in [0.1, 0.15) is 0 Å².